The van der Waals surface area contributed by atoms with Crippen molar-refractivity contribution < 1.29 is 9.18 Å². The molecule has 1 aliphatic carbocycles. The highest BCUT2D eigenvalue weighted by Crippen LogP contribution is 2.49. The van der Waals surface area contributed by atoms with Crippen molar-refractivity contribution in [3.05, 3.63) is 88.2 Å². The number of piperidine rings is 1. The fourth-order valence-electron chi connectivity index (χ4n) is 4.78. The second-order valence-corrected chi connectivity index (χ2v) is 9.84. The third-order valence-corrected chi connectivity index (χ3v) is 7.51. The zero-order valence-corrected chi connectivity index (χ0v) is 20.2. The normalized spacial score (nSPS) is 18.5. The predicted octanol–water partition coefficient (Wildman–Crippen LogP) is 6.46. The quantitative estimate of drug-likeness (QED) is 0.426. The van der Waals surface area contributed by atoms with Gasteiger partial charge in [0.05, 0.1) is 16.4 Å². The molecule has 2 unspecified atom stereocenters. The molecule has 4 nitrogen and oxygen atoms in total. The number of halogens is 3. The van der Waals surface area contributed by atoms with Gasteiger partial charge in [-0.15, -0.1) is 0 Å². The largest absolute Gasteiger partial charge is 0.369 e. The van der Waals surface area contributed by atoms with Gasteiger partial charge in [-0.3, -0.25) is 4.79 Å². The summed E-state index contributed by atoms with van der Waals surface area (Å²) in [5.74, 6) is 0.444. The van der Waals surface area contributed by atoms with Crippen LogP contribution < -0.4 is 15.5 Å². The van der Waals surface area contributed by atoms with Gasteiger partial charge >= 0.3 is 0 Å². The van der Waals surface area contributed by atoms with Crippen molar-refractivity contribution in [1.29, 1.82) is 0 Å². The zero-order chi connectivity index (χ0) is 24.1. The molecule has 5 rings (SSSR count). The van der Waals surface area contributed by atoms with Gasteiger partial charge in [-0.1, -0.05) is 41.9 Å². The molecule has 2 N–H and O–H groups in total. The van der Waals surface area contributed by atoms with Crippen LogP contribution in [0.1, 0.15) is 22.3 Å². The van der Waals surface area contributed by atoms with E-state index >= 15 is 0 Å². The number of nitrogens with zero attached hydrogens (tertiary/aromatic N) is 2. The molecule has 0 spiro atoms. The van der Waals surface area contributed by atoms with E-state index in [2.05, 4.69) is 17.5 Å². The Balaban J connectivity index is 1.58. The van der Waals surface area contributed by atoms with Crippen LogP contribution in [0.5, 0.6) is 0 Å². The van der Waals surface area contributed by atoms with Crippen LogP contribution in [0.4, 0.5) is 15.8 Å². The zero-order valence-electron chi connectivity index (χ0n) is 18.7. The Morgan fingerprint density at radius 1 is 1.09 bits per heavy atom. The summed E-state index contributed by atoms with van der Waals surface area (Å²) in [6.45, 7) is 6.11. The van der Waals surface area contributed by atoms with E-state index in [1.165, 1.54) is 12.5 Å². The highest BCUT2D eigenvalue weighted by atomic mass is 35.5. The Morgan fingerprint density at radius 3 is 2.53 bits per heavy atom. The number of fused-ring (bicyclic) bond motifs is 1. The van der Waals surface area contributed by atoms with Crippen molar-refractivity contribution in [3.63, 3.8) is 0 Å². The van der Waals surface area contributed by atoms with Crippen LogP contribution in [-0.2, 0) is 0 Å². The number of hydrogen-bond donors (Lipinski definition) is 1. The molecule has 2 fully saturated rings. The first-order chi connectivity index (χ1) is 16.2. The van der Waals surface area contributed by atoms with Gasteiger partial charge in [0.2, 0.25) is 5.91 Å². The van der Waals surface area contributed by atoms with Gasteiger partial charge in [0.25, 0.3) is 0 Å². The molecular formula is C27H24Cl2FN3O. The SMILES string of the molecule is C=C(c1cccc(Cl)c1F)N(C)c1ccc(-c2cc(C(N)=O)ccc2Cl)cc1N1CC2CC2C1. The fraction of sp³-hybridized carbons (Fsp3) is 0.222. The predicted molar refractivity (Wildman–Crippen MR) is 138 cm³/mol. The summed E-state index contributed by atoms with van der Waals surface area (Å²) in [4.78, 5) is 16.0. The molecule has 1 amide bonds. The van der Waals surface area contributed by atoms with Crippen LogP contribution in [-0.4, -0.2) is 26.0 Å². The first kappa shape index (κ1) is 22.8. The van der Waals surface area contributed by atoms with E-state index < -0.39 is 11.7 Å². The van der Waals surface area contributed by atoms with Crippen LogP contribution in [0.15, 0.2) is 61.2 Å². The lowest BCUT2D eigenvalue weighted by Gasteiger charge is -2.30. The smallest absolute Gasteiger partial charge is 0.248 e. The summed E-state index contributed by atoms with van der Waals surface area (Å²) in [6.07, 6.45) is 1.27. The molecule has 2 atom stereocenters. The average molecular weight is 496 g/mol. The third-order valence-electron chi connectivity index (χ3n) is 6.89. The molecule has 1 aliphatic heterocycles. The fourth-order valence-corrected chi connectivity index (χ4v) is 5.18. The summed E-state index contributed by atoms with van der Waals surface area (Å²) in [7, 11) is 1.87. The van der Waals surface area contributed by atoms with Crippen LogP contribution in [0.25, 0.3) is 16.8 Å². The molecule has 2 aliphatic rings. The summed E-state index contributed by atoms with van der Waals surface area (Å²) < 4.78 is 14.7. The maximum atomic E-state index is 14.7. The van der Waals surface area contributed by atoms with Crippen molar-refractivity contribution >= 4 is 46.2 Å². The number of hydrogen-bond acceptors (Lipinski definition) is 3. The number of rotatable bonds is 6. The van der Waals surface area contributed by atoms with Crippen LogP contribution in [0.3, 0.4) is 0 Å². The van der Waals surface area contributed by atoms with Crippen LogP contribution >= 0.6 is 23.2 Å². The number of amides is 1. The van der Waals surface area contributed by atoms with E-state index in [1.807, 2.05) is 24.1 Å². The lowest BCUT2D eigenvalue weighted by Crippen LogP contribution is -2.25. The first-order valence-corrected chi connectivity index (χ1v) is 11.9. The van der Waals surface area contributed by atoms with E-state index in [4.69, 9.17) is 28.9 Å². The Labute approximate surface area is 208 Å². The third kappa shape index (κ3) is 4.04. The van der Waals surface area contributed by atoms with E-state index in [-0.39, 0.29) is 5.02 Å². The second-order valence-electron chi connectivity index (χ2n) is 9.03. The molecule has 34 heavy (non-hydrogen) atoms. The number of nitrogens with two attached hydrogens (primary N) is 1. The summed E-state index contributed by atoms with van der Waals surface area (Å²) in [5, 5.41) is 0.595. The minimum Gasteiger partial charge on any atom is -0.369 e. The lowest BCUT2D eigenvalue weighted by atomic mass is 10.0. The molecule has 3 aromatic rings. The summed E-state index contributed by atoms with van der Waals surface area (Å²) in [6, 6.07) is 15.9. The molecule has 0 radical (unpaired) electrons. The van der Waals surface area contributed by atoms with Gasteiger partial charge < -0.3 is 15.5 Å². The Hall–Kier alpha value is -3.02. The minimum atomic E-state index is -0.506. The molecule has 1 saturated heterocycles. The van der Waals surface area contributed by atoms with Gasteiger partial charge in [-0.05, 0) is 66.3 Å². The summed E-state index contributed by atoms with van der Waals surface area (Å²) >= 11 is 12.5. The Morgan fingerprint density at radius 2 is 1.82 bits per heavy atom. The monoisotopic (exact) mass is 495 g/mol. The first-order valence-electron chi connectivity index (χ1n) is 11.1. The van der Waals surface area contributed by atoms with Crippen LogP contribution in [0, 0.1) is 17.7 Å². The van der Waals surface area contributed by atoms with Crippen molar-refractivity contribution in [2.24, 2.45) is 17.6 Å². The number of primary amides is 1. The van der Waals surface area contributed by atoms with E-state index in [0.717, 1.165) is 47.4 Å². The average Bonchev–Trinajstić information content (AvgIpc) is 3.44. The topological polar surface area (TPSA) is 49.6 Å². The highest BCUT2D eigenvalue weighted by molar-refractivity contribution is 6.33. The molecule has 1 heterocycles. The molecule has 0 aromatic heterocycles. The standard InChI is InChI=1S/C27H24Cl2FN3O/c1-15(20-4-3-5-23(29)26(20)30)32(2)24-9-7-16(12-25(24)33-13-18-10-19(18)14-33)21-11-17(27(31)34)6-8-22(21)28/h3-9,11-12,18-19H,1,10,13-14H2,2H3,(H2,31,34). The maximum Gasteiger partial charge on any atom is 0.248 e. The van der Waals surface area contributed by atoms with Gasteiger partial charge in [-0.25, -0.2) is 4.39 Å². The lowest BCUT2D eigenvalue weighted by molar-refractivity contribution is 0.100. The van der Waals surface area contributed by atoms with Crippen molar-refractivity contribution in [3.8, 4) is 11.1 Å². The van der Waals surface area contributed by atoms with Gasteiger partial charge in [0.1, 0.15) is 0 Å². The number of benzene rings is 3. The molecule has 3 aromatic carbocycles. The van der Waals surface area contributed by atoms with Gasteiger partial charge in [-0.2, -0.15) is 0 Å². The van der Waals surface area contributed by atoms with Crippen molar-refractivity contribution in [2.45, 2.75) is 6.42 Å². The summed E-state index contributed by atoms with van der Waals surface area (Å²) in [5.41, 5.74) is 10.3. The van der Waals surface area contributed by atoms with Crippen molar-refractivity contribution in [2.75, 3.05) is 29.9 Å². The minimum absolute atomic E-state index is 0.0613. The Kier molecular flexibility index (Phi) is 5.78. The van der Waals surface area contributed by atoms with Crippen molar-refractivity contribution in [1.82, 2.24) is 0 Å². The number of anilines is 2. The maximum absolute atomic E-state index is 14.7. The Bertz CT molecular complexity index is 1320. The highest BCUT2D eigenvalue weighted by Gasteiger charge is 2.45. The van der Waals surface area contributed by atoms with Gasteiger partial charge in [0, 0.05) is 47.5 Å². The van der Waals surface area contributed by atoms with E-state index in [9.17, 15) is 9.18 Å². The molecule has 0 bridgehead atoms. The van der Waals surface area contributed by atoms with Crippen LogP contribution in [0.2, 0.25) is 10.0 Å². The molecule has 174 valence electrons. The molecule has 1 saturated carbocycles. The molecule has 7 heteroatoms. The molecular weight excluding hydrogens is 472 g/mol. The van der Waals surface area contributed by atoms with E-state index in [0.29, 0.717) is 21.8 Å². The van der Waals surface area contributed by atoms with Gasteiger partial charge in [0.15, 0.2) is 5.82 Å². The number of carbonyl (C=O) groups is 1. The number of carbonyl (C=O) groups excluding carboxylic acids is 1. The van der Waals surface area contributed by atoms with E-state index in [1.54, 1.807) is 30.3 Å². The second kappa shape index (κ2) is 8.64.